The maximum absolute atomic E-state index is 4.49. The van der Waals surface area contributed by atoms with Crippen LogP contribution in [-0.4, -0.2) is 19.1 Å². The summed E-state index contributed by atoms with van der Waals surface area (Å²) in [5.74, 6) is 0.867. The van der Waals surface area contributed by atoms with E-state index in [1.807, 2.05) is 10.9 Å². The molecule has 2 heterocycles. The Hall–Kier alpha value is -1.43. The van der Waals surface area contributed by atoms with Crippen LogP contribution in [0.5, 0.6) is 0 Å². The molecule has 0 radical (unpaired) electrons. The van der Waals surface area contributed by atoms with Gasteiger partial charge in [0.1, 0.15) is 5.82 Å². The fourth-order valence-electron chi connectivity index (χ4n) is 1.39. The van der Waals surface area contributed by atoms with Gasteiger partial charge in [-0.2, -0.15) is 9.47 Å². The third kappa shape index (κ3) is 2.87. The van der Waals surface area contributed by atoms with Gasteiger partial charge >= 0.3 is 0 Å². The minimum Gasteiger partial charge on any atom is -0.328 e. The molecule has 0 aliphatic heterocycles. The fourth-order valence-corrected chi connectivity index (χ4v) is 2.17. The summed E-state index contributed by atoms with van der Waals surface area (Å²) in [7, 11) is 0. The number of nitrogens with one attached hydrogen (secondary N) is 1. The third-order valence-corrected chi connectivity index (χ3v) is 3.11. The molecule has 0 aliphatic rings. The van der Waals surface area contributed by atoms with Crippen molar-refractivity contribution < 1.29 is 0 Å². The van der Waals surface area contributed by atoms with Crippen LogP contribution in [0.1, 0.15) is 46.5 Å². The monoisotopic (exact) mass is 265 g/mol. The first-order valence-electron chi connectivity index (χ1n) is 6.01. The fraction of sp³-hybridized carbons (Fsp3) is 0.583. The van der Waals surface area contributed by atoms with Gasteiger partial charge in [-0.05, 0) is 13.8 Å². The van der Waals surface area contributed by atoms with Crippen LogP contribution in [0.2, 0.25) is 0 Å². The van der Waals surface area contributed by atoms with E-state index in [9.17, 15) is 0 Å². The van der Waals surface area contributed by atoms with Gasteiger partial charge in [-0.3, -0.25) is 4.68 Å². The zero-order chi connectivity index (χ0) is 13.3. The lowest BCUT2D eigenvalue weighted by Gasteiger charge is -2.12. The highest BCUT2D eigenvalue weighted by atomic mass is 32.1. The SMILES string of the molecule is CC(C)n1cc(Nc2nc(C(C)(C)C)ns2)cn1. The van der Waals surface area contributed by atoms with E-state index in [2.05, 4.69) is 54.4 Å². The van der Waals surface area contributed by atoms with E-state index in [4.69, 9.17) is 0 Å². The highest BCUT2D eigenvalue weighted by Crippen LogP contribution is 2.25. The molecule has 0 unspecified atom stereocenters. The van der Waals surface area contributed by atoms with Crippen molar-refractivity contribution in [3.05, 3.63) is 18.2 Å². The second-order valence-corrected chi connectivity index (χ2v) is 6.35. The van der Waals surface area contributed by atoms with Crippen LogP contribution in [-0.2, 0) is 5.41 Å². The van der Waals surface area contributed by atoms with Gasteiger partial charge in [0.15, 0.2) is 0 Å². The van der Waals surface area contributed by atoms with E-state index in [1.165, 1.54) is 11.5 Å². The molecular weight excluding hydrogens is 246 g/mol. The highest BCUT2D eigenvalue weighted by molar-refractivity contribution is 7.09. The Morgan fingerprint density at radius 3 is 2.56 bits per heavy atom. The van der Waals surface area contributed by atoms with E-state index < -0.39 is 0 Å². The van der Waals surface area contributed by atoms with Gasteiger partial charge in [0.05, 0.1) is 11.9 Å². The summed E-state index contributed by atoms with van der Waals surface area (Å²) in [5, 5.41) is 8.32. The third-order valence-electron chi connectivity index (χ3n) is 2.48. The van der Waals surface area contributed by atoms with Crippen molar-refractivity contribution >= 4 is 22.4 Å². The van der Waals surface area contributed by atoms with Crippen molar-refractivity contribution in [2.45, 2.75) is 46.1 Å². The summed E-state index contributed by atoms with van der Waals surface area (Å²) in [6.07, 6.45) is 3.78. The predicted molar refractivity (Wildman–Crippen MR) is 74.5 cm³/mol. The average molecular weight is 265 g/mol. The van der Waals surface area contributed by atoms with E-state index in [0.717, 1.165) is 16.6 Å². The topological polar surface area (TPSA) is 55.6 Å². The molecule has 0 saturated heterocycles. The Morgan fingerprint density at radius 2 is 2.06 bits per heavy atom. The Balaban J connectivity index is 2.11. The van der Waals surface area contributed by atoms with Crippen molar-refractivity contribution in [2.75, 3.05) is 5.32 Å². The van der Waals surface area contributed by atoms with Crippen LogP contribution in [0, 0.1) is 0 Å². The number of nitrogens with zero attached hydrogens (tertiary/aromatic N) is 4. The molecule has 98 valence electrons. The summed E-state index contributed by atoms with van der Waals surface area (Å²) >= 11 is 1.38. The van der Waals surface area contributed by atoms with Gasteiger partial charge in [-0.25, -0.2) is 4.98 Å². The van der Waals surface area contributed by atoms with Crippen molar-refractivity contribution in [3.63, 3.8) is 0 Å². The lowest BCUT2D eigenvalue weighted by Crippen LogP contribution is -2.13. The van der Waals surface area contributed by atoms with Gasteiger partial charge in [0, 0.05) is 29.2 Å². The maximum Gasteiger partial charge on any atom is 0.207 e. The van der Waals surface area contributed by atoms with E-state index in [0.29, 0.717) is 6.04 Å². The molecule has 6 heteroatoms. The number of hydrogen-bond acceptors (Lipinski definition) is 5. The summed E-state index contributed by atoms with van der Waals surface area (Å²) in [4.78, 5) is 4.49. The molecule has 2 rings (SSSR count). The molecule has 18 heavy (non-hydrogen) atoms. The number of aromatic nitrogens is 4. The van der Waals surface area contributed by atoms with Gasteiger partial charge in [-0.1, -0.05) is 20.8 Å². The maximum atomic E-state index is 4.49. The molecular formula is C12H19N5S. The zero-order valence-corrected chi connectivity index (χ0v) is 12.2. The van der Waals surface area contributed by atoms with Crippen LogP contribution in [0.4, 0.5) is 10.8 Å². The zero-order valence-electron chi connectivity index (χ0n) is 11.4. The molecule has 2 aromatic rings. The Bertz CT molecular complexity index is 521. The van der Waals surface area contributed by atoms with Crippen LogP contribution in [0.25, 0.3) is 0 Å². The number of anilines is 2. The molecule has 0 atom stereocenters. The Labute approximate surface area is 111 Å². The molecule has 0 spiro atoms. The van der Waals surface area contributed by atoms with Crippen LogP contribution < -0.4 is 5.32 Å². The quantitative estimate of drug-likeness (QED) is 0.924. The first-order chi connectivity index (χ1) is 8.36. The van der Waals surface area contributed by atoms with Gasteiger partial charge in [0.25, 0.3) is 0 Å². The van der Waals surface area contributed by atoms with Gasteiger partial charge in [0.2, 0.25) is 5.13 Å². The Morgan fingerprint density at radius 1 is 1.33 bits per heavy atom. The first-order valence-corrected chi connectivity index (χ1v) is 6.79. The minimum absolute atomic E-state index is 0.0153. The highest BCUT2D eigenvalue weighted by Gasteiger charge is 2.19. The standard InChI is InChI=1S/C12H19N5S/c1-8(2)17-7-9(6-13-17)14-11-15-10(16-18-11)12(3,4)5/h6-8H,1-5H3,(H,14,15,16). The smallest absolute Gasteiger partial charge is 0.207 e. The van der Waals surface area contributed by atoms with E-state index in [1.54, 1.807) is 6.20 Å². The Kier molecular flexibility index (Phi) is 3.38. The van der Waals surface area contributed by atoms with Crippen LogP contribution >= 0.6 is 11.5 Å². The molecule has 1 N–H and O–H groups in total. The summed E-state index contributed by atoms with van der Waals surface area (Å²) in [6, 6.07) is 0.361. The molecule has 0 aromatic carbocycles. The van der Waals surface area contributed by atoms with Crippen LogP contribution in [0.15, 0.2) is 12.4 Å². The van der Waals surface area contributed by atoms with Crippen molar-refractivity contribution in [2.24, 2.45) is 0 Å². The number of hydrogen-bond donors (Lipinski definition) is 1. The van der Waals surface area contributed by atoms with Gasteiger partial charge in [-0.15, -0.1) is 0 Å². The van der Waals surface area contributed by atoms with Crippen molar-refractivity contribution in [1.82, 2.24) is 19.1 Å². The molecule has 5 nitrogen and oxygen atoms in total. The molecule has 2 aromatic heterocycles. The van der Waals surface area contributed by atoms with E-state index in [-0.39, 0.29) is 5.41 Å². The van der Waals surface area contributed by atoms with Gasteiger partial charge < -0.3 is 5.32 Å². The summed E-state index contributed by atoms with van der Waals surface area (Å²) in [6.45, 7) is 10.5. The largest absolute Gasteiger partial charge is 0.328 e. The molecule has 0 fully saturated rings. The second-order valence-electron chi connectivity index (χ2n) is 5.60. The second kappa shape index (κ2) is 4.68. The minimum atomic E-state index is -0.0153. The van der Waals surface area contributed by atoms with Crippen LogP contribution in [0.3, 0.4) is 0 Å². The van der Waals surface area contributed by atoms with Crippen molar-refractivity contribution in [1.29, 1.82) is 0 Å². The number of rotatable bonds is 3. The van der Waals surface area contributed by atoms with E-state index >= 15 is 0 Å². The average Bonchev–Trinajstić information content (AvgIpc) is 2.85. The predicted octanol–water partition coefficient (Wildman–Crippen LogP) is 3.36. The summed E-state index contributed by atoms with van der Waals surface area (Å²) < 4.78 is 6.28. The molecule has 0 saturated carbocycles. The first kappa shape index (κ1) is 13.0. The lowest BCUT2D eigenvalue weighted by atomic mass is 9.96. The summed E-state index contributed by atoms with van der Waals surface area (Å²) in [5.41, 5.74) is 0.929. The molecule has 0 aliphatic carbocycles. The van der Waals surface area contributed by atoms with Crippen molar-refractivity contribution in [3.8, 4) is 0 Å². The normalized spacial score (nSPS) is 12.1. The lowest BCUT2D eigenvalue weighted by molar-refractivity contribution is 0.532. The molecule has 0 bridgehead atoms. The molecule has 0 amide bonds.